The van der Waals surface area contributed by atoms with Gasteiger partial charge in [-0.3, -0.25) is 4.79 Å². The molecule has 1 heterocycles. The van der Waals surface area contributed by atoms with Crippen molar-refractivity contribution in [2.75, 3.05) is 13.6 Å². The van der Waals surface area contributed by atoms with Crippen LogP contribution in [-0.4, -0.2) is 24.4 Å². The summed E-state index contributed by atoms with van der Waals surface area (Å²) in [6.07, 6.45) is 0.984. The summed E-state index contributed by atoms with van der Waals surface area (Å²) in [6.45, 7) is 5.20. The number of nitrogens with zero attached hydrogens (tertiary/aromatic N) is 1. The SMILES string of the molecule is CC(C)c1ccc2c(c1)CCN(C)C2=O. The molecule has 2 rings (SSSR count). The van der Waals surface area contributed by atoms with Gasteiger partial charge in [-0.1, -0.05) is 26.0 Å². The van der Waals surface area contributed by atoms with Crippen LogP contribution < -0.4 is 0 Å². The molecule has 80 valence electrons. The molecule has 0 radical (unpaired) electrons. The molecular weight excluding hydrogens is 186 g/mol. The van der Waals surface area contributed by atoms with Crippen molar-refractivity contribution >= 4 is 5.91 Å². The molecule has 0 saturated carbocycles. The van der Waals surface area contributed by atoms with Gasteiger partial charge in [0.25, 0.3) is 5.91 Å². The molecule has 1 aliphatic heterocycles. The number of likely N-dealkylation sites (N-methyl/N-ethyl adjacent to an activating group) is 1. The quantitative estimate of drug-likeness (QED) is 0.686. The number of rotatable bonds is 1. The standard InChI is InChI=1S/C13H17NO/c1-9(2)10-4-5-12-11(8-10)6-7-14(3)13(12)15/h4-5,8-9H,6-7H2,1-3H3. The Kier molecular flexibility index (Phi) is 2.51. The zero-order chi connectivity index (χ0) is 11.0. The molecule has 1 amide bonds. The number of carbonyl (C=O) groups excluding carboxylic acids is 1. The number of amides is 1. The van der Waals surface area contributed by atoms with E-state index in [0.717, 1.165) is 18.5 Å². The highest BCUT2D eigenvalue weighted by molar-refractivity contribution is 5.96. The predicted octanol–water partition coefficient (Wildman–Crippen LogP) is 2.44. The highest BCUT2D eigenvalue weighted by atomic mass is 16.2. The first kappa shape index (κ1) is 10.2. The monoisotopic (exact) mass is 203 g/mol. The molecule has 0 atom stereocenters. The highest BCUT2D eigenvalue weighted by Crippen LogP contribution is 2.23. The third kappa shape index (κ3) is 1.76. The fourth-order valence-electron chi connectivity index (χ4n) is 1.98. The first-order valence-corrected chi connectivity index (χ1v) is 5.48. The van der Waals surface area contributed by atoms with Crippen LogP contribution in [0.25, 0.3) is 0 Å². The smallest absolute Gasteiger partial charge is 0.253 e. The first-order chi connectivity index (χ1) is 7.09. The Morgan fingerprint density at radius 2 is 2.07 bits per heavy atom. The van der Waals surface area contributed by atoms with Crippen LogP contribution in [0, 0.1) is 0 Å². The van der Waals surface area contributed by atoms with Crippen molar-refractivity contribution in [2.45, 2.75) is 26.2 Å². The second-order valence-electron chi connectivity index (χ2n) is 4.55. The number of benzene rings is 1. The minimum atomic E-state index is 0.159. The van der Waals surface area contributed by atoms with Gasteiger partial charge in [0.05, 0.1) is 0 Å². The summed E-state index contributed by atoms with van der Waals surface area (Å²) in [7, 11) is 1.86. The largest absolute Gasteiger partial charge is 0.341 e. The molecule has 0 aromatic heterocycles. The van der Waals surface area contributed by atoms with Crippen LogP contribution in [0.4, 0.5) is 0 Å². The molecular formula is C13H17NO. The number of fused-ring (bicyclic) bond motifs is 1. The summed E-state index contributed by atoms with van der Waals surface area (Å²) >= 11 is 0. The Morgan fingerprint density at radius 3 is 2.73 bits per heavy atom. The van der Waals surface area contributed by atoms with Crippen molar-refractivity contribution in [3.05, 3.63) is 34.9 Å². The lowest BCUT2D eigenvalue weighted by atomic mass is 9.93. The van der Waals surface area contributed by atoms with E-state index in [1.165, 1.54) is 11.1 Å². The molecule has 15 heavy (non-hydrogen) atoms. The van der Waals surface area contributed by atoms with E-state index in [0.29, 0.717) is 5.92 Å². The highest BCUT2D eigenvalue weighted by Gasteiger charge is 2.21. The van der Waals surface area contributed by atoms with Crippen LogP contribution in [-0.2, 0) is 6.42 Å². The molecule has 0 spiro atoms. The van der Waals surface area contributed by atoms with Crippen molar-refractivity contribution in [3.63, 3.8) is 0 Å². The van der Waals surface area contributed by atoms with Gasteiger partial charge in [-0.25, -0.2) is 0 Å². The van der Waals surface area contributed by atoms with Crippen LogP contribution in [0.1, 0.15) is 41.3 Å². The van der Waals surface area contributed by atoms with E-state index in [1.807, 2.05) is 13.1 Å². The number of carbonyl (C=O) groups is 1. The average Bonchev–Trinajstić information content (AvgIpc) is 2.23. The van der Waals surface area contributed by atoms with Gasteiger partial charge in [-0.05, 0) is 29.5 Å². The van der Waals surface area contributed by atoms with Crippen LogP contribution in [0.3, 0.4) is 0 Å². The molecule has 0 N–H and O–H groups in total. The topological polar surface area (TPSA) is 20.3 Å². The Hall–Kier alpha value is -1.31. The van der Waals surface area contributed by atoms with Gasteiger partial charge in [0.2, 0.25) is 0 Å². The number of hydrogen-bond donors (Lipinski definition) is 0. The third-order valence-electron chi connectivity index (χ3n) is 3.09. The zero-order valence-electron chi connectivity index (χ0n) is 9.58. The predicted molar refractivity (Wildman–Crippen MR) is 61.2 cm³/mol. The maximum absolute atomic E-state index is 11.8. The second kappa shape index (κ2) is 3.69. The third-order valence-corrected chi connectivity index (χ3v) is 3.09. The summed E-state index contributed by atoms with van der Waals surface area (Å²) in [4.78, 5) is 13.6. The van der Waals surface area contributed by atoms with Crippen LogP contribution in [0.5, 0.6) is 0 Å². The molecule has 2 nitrogen and oxygen atoms in total. The van der Waals surface area contributed by atoms with E-state index in [-0.39, 0.29) is 5.91 Å². The molecule has 1 aromatic rings. The minimum Gasteiger partial charge on any atom is -0.341 e. The van der Waals surface area contributed by atoms with Crippen LogP contribution in [0.15, 0.2) is 18.2 Å². The van der Waals surface area contributed by atoms with Crippen LogP contribution in [0.2, 0.25) is 0 Å². The average molecular weight is 203 g/mol. The fraction of sp³-hybridized carbons (Fsp3) is 0.462. The zero-order valence-corrected chi connectivity index (χ0v) is 9.58. The van der Waals surface area contributed by atoms with E-state index < -0.39 is 0 Å². The summed E-state index contributed by atoms with van der Waals surface area (Å²) in [6, 6.07) is 6.23. The van der Waals surface area contributed by atoms with E-state index >= 15 is 0 Å². The lowest BCUT2D eigenvalue weighted by molar-refractivity contribution is 0.0781. The van der Waals surface area contributed by atoms with Crippen molar-refractivity contribution in [2.24, 2.45) is 0 Å². The van der Waals surface area contributed by atoms with E-state index in [9.17, 15) is 4.79 Å². The molecule has 0 fully saturated rings. The molecule has 0 saturated heterocycles. The second-order valence-corrected chi connectivity index (χ2v) is 4.55. The summed E-state index contributed by atoms with van der Waals surface area (Å²) in [5.74, 6) is 0.691. The lowest BCUT2D eigenvalue weighted by Crippen LogP contribution is -2.34. The Labute approximate surface area is 90.9 Å². The van der Waals surface area contributed by atoms with E-state index in [2.05, 4.69) is 26.0 Å². The molecule has 1 aliphatic rings. The van der Waals surface area contributed by atoms with Crippen molar-refractivity contribution < 1.29 is 4.79 Å². The summed E-state index contributed by atoms with van der Waals surface area (Å²) in [5.41, 5.74) is 3.42. The first-order valence-electron chi connectivity index (χ1n) is 5.48. The van der Waals surface area contributed by atoms with Gasteiger partial charge in [0, 0.05) is 19.2 Å². The Balaban J connectivity index is 2.43. The lowest BCUT2D eigenvalue weighted by Gasteiger charge is -2.25. The van der Waals surface area contributed by atoms with Crippen LogP contribution >= 0.6 is 0 Å². The van der Waals surface area contributed by atoms with Crippen molar-refractivity contribution in [3.8, 4) is 0 Å². The minimum absolute atomic E-state index is 0.159. The maximum Gasteiger partial charge on any atom is 0.253 e. The molecule has 0 unspecified atom stereocenters. The Morgan fingerprint density at radius 1 is 1.33 bits per heavy atom. The van der Waals surface area contributed by atoms with Gasteiger partial charge < -0.3 is 4.90 Å². The van der Waals surface area contributed by atoms with Crippen molar-refractivity contribution in [1.82, 2.24) is 4.90 Å². The normalized spacial score (nSPS) is 15.7. The number of hydrogen-bond acceptors (Lipinski definition) is 1. The fourth-order valence-corrected chi connectivity index (χ4v) is 1.98. The Bertz CT molecular complexity index is 396. The summed E-state index contributed by atoms with van der Waals surface area (Å²) < 4.78 is 0. The molecule has 1 aromatic carbocycles. The van der Waals surface area contributed by atoms with Gasteiger partial charge in [-0.15, -0.1) is 0 Å². The maximum atomic E-state index is 11.8. The van der Waals surface area contributed by atoms with E-state index in [4.69, 9.17) is 0 Å². The molecule has 0 bridgehead atoms. The van der Waals surface area contributed by atoms with Gasteiger partial charge >= 0.3 is 0 Å². The van der Waals surface area contributed by atoms with Gasteiger partial charge in [0.1, 0.15) is 0 Å². The van der Waals surface area contributed by atoms with Crippen molar-refractivity contribution in [1.29, 1.82) is 0 Å². The molecule has 2 heteroatoms. The summed E-state index contributed by atoms with van der Waals surface area (Å²) in [5, 5.41) is 0. The van der Waals surface area contributed by atoms with E-state index in [1.54, 1.807) is 4.90 Å². The van der Waals surface area contributed by atoms with Gasteiger partial charge in [0.15, 0.2) is 0 Å². The molecule has 0 aliphatic carbocycles. The van der Waals surface area contributed by atoms with Gasteiger partial charge in [-0.2, -0.15) is 0 Å².